The van der Waals surface area contributed by atoms with Crippen molar-refractivity contribution in [2.24, 2.45) is 0 Å². The summed E-state index contributed by atoms with van der Waals surface area (Å²) in [5.41, 5.74) is 1.95. The highest BCUT2D eigenvalue weighted by molar-refractivity contribution is 7.92. The molecule has 3 rings (SSSR count). The summed E-state index contributed by atoms with van der Waals surface area (Å²) in [7, 11) is -2.43. The van der Waals surface area contributed by atoms with Crippen LogP contribution in [0.3, 0.4) is 0 Å². The zero-order valence-corrected chi connectivity index (χ0v) is 23.0. The van der Waals surface area contributed by atoms with Gasteiger partial charge in [-0.2, -0.15) is 0 Å². The molecule has 0 aliphatic rings. The fraction of sp³-hybridized carbons (Fsp3) is 0.310. The van der Waals surface area contributed by atoms with Crippen molar-refractivity contribution >= 4 is 27.5 Å². The van der Waals surface area contributed by atoms with E-state index in [1.807, 2.05) is 74.5 Å². The van der Waals surface area contributed by atoms with Gasteiger partial charge >= 0.3 is 0 Å². The summed E-state index contributed by atoms with van der Waals surface area (Å²) < 4.78 is 32.1. The molecule has 0 aliphatic carbocycles. The maximum absolute atomic E-state index is 14.0. The largest absolute Gasteiger partial charge is 0.495 e. The Hall–Kier alpha value is -3.85. The van der Waals surface area contributed by atoms with Gasteiger partial charge in [0.05, 0.1) is 19.1 Å². The van der Waals surface area contributed by atoms with Crippen LogP contribution in [-0.4, -0.2) is 57.1 Å². The molecule has 0 aromatic heterocycles. The average molecular weight is 538 g/mol. The molecule has 3 aromatic rings. The van der Waals surface area contributed by atoms with Crippen molar-refractivity contribution in [2.45, 2.75) is 38.9 Å². The maximum atomic E-state index is 14.0. The molecule has 0 saturated heterocycles. The van der Waals surface area contributed by atoms with Crippen LogP contribution in [0.5, 0.6) is 5.75 Å². The Balaban J connectivity index is 2.05. The second-order valence-corrected chi connectivity index (χ2v) is 11.2. The van der Waals surface area contributed by atoms with Crippen molar-refractivity contribution in [3.05, 3.63) is 96.1 Å². The number of hydrogen-bond donors (Lipinski definition) is 1. The second kappa shape index (κ2) is 13.1. The fourth-order valence-corrected chi connectivity index (χ4v) is 5.00. The molecule has 0 fully saturated rings. The Kier molecular flexibility index (Phi) is 9.90. The molecule has 3 aromatic carbocycles. The molecule has 8 nitrogen and oxygen atoms in total. The first-order chi connectivity index (χ1) is 18.1. The number of hydrogen-bond acceptors (Lipinski definition) is 5. The zero-order valence-electron chi connectivity index (χ0n) is 22.2. The Morgan fingerprint density at radius 3 is 1.97 bits per heavy atom. The van der Waals surface area contributed by atoms with Gasteiger partial charge in [-0.05, 0) is 37.1 Å². The van der Waals surface area contributed by atoms with E-state index in [0.29, 0.717) is 5.75 Å². The summed E-state index contributed by atoms with van der Waals surface area (Å²) in [6.45, 7) is 3.35. The average Bonchev–Trinajstić information content (AvgIpc) is 2.89. The molecule has 0 aliphatic heterocycles. The molecule has 0 spiro atoms. The van der Waals surface area contributed by atoms with Crippen LogP contribution in [0.2, 0.25) is 0 Å². The molecule has 0 bridgehead atoms. The van der Waals surface area contributed by atoms with Crippen molar-refractivity contribution in [3.63, 3.8) is 0 Å². The first-order valence-corrected chi connectivity index (χ1v) is 14.2. The number of para-hydroxylation sites is 2. The number of sulfonamides is 1. The molecular formula is C29H35N3O5S. The number of carbonyl (C=O) groups is 2. The van der Waals surface area contributed by atoms with E-state index in [0.717, 1.165) is 21.7 Å². The van der Waals surface area contributed by atoms with Crippen LogP contribution in [0.1, 0.15) is 25.0 Å². The standard InChI is InChI=1S/C29H35N3O5S/c1-22(2)30-29(34)26(19-23-13-7-5-8-14-23)31(20-24-15-9-6-10-16-24)28(33)21-32(38(4,35)36)25-17-11-12-18-27(25)37-3/h5-18,22,26H,19-21H2,1-4H3,(H,30,34)/t26-/m0/s1. The van der Waals surface area contributed by atoms with Gasteiger partial charge in [0.2, 0.25) is 21.8 Å². The first-order valence-electron chi connectivity index (χ1n) is 12.4. The summed E-state index contributed by atoms with van der Waals surface area (Å²) in [5, 5.41) is 2.93. The topological polar surface area (TPSA) is 96.0 Å². The first kappa shape index (κ1) is 28.7. The number of amides is 2. The lowest BCUT2D eigenvalue weighted by atomic mass is 10.0. The highest BCUT2D eigenvalue weighted by Crippen LogP contribution is 2.29. The van der Waals surface area contributed by atoms with Gasteiger partial charge in [0.25, 0.3) is 0 Å². The summed E-state index contributed by atoms with van der Waals surface area (Å²) in [4.78, 5) is 29.0. The van der Waals surface area contributed by atoms with Gasteiger partial charge in [-0.15, -0.1) is 0 Å². The lowest BCUT2D eigenvalue weighted by Crippen LogP contribution is -2.54. The van der Waals surface area contributed by atoms with Crippen LogP contribution in [0.25, 0.3) is 0 Å². The third kappa shape index (κ3) is 7.82. The van der Waals surface area contributed by atoms with Crippen LogP contribution in [0, 0.1) is 0 Å². The van der Waals surface area contributed by atoms with Crippen LogP contribution < -0.4 is 14.4 Å². The highest BCUT2D eigenvalue weighted by Gasteiger charge is 2.33. The van der Waals surface area contributed by atoms with E-state index in [4.69, 9.17) is 4.74 Å². The van der Waals surface area contributed by atoms with Crippen LogP contribution in [0.15, 0.2) is 84.9 Å². The van der Waals surface area contributed by atoms with Crippen molar-refractivity contribution in [1.82, 2.24) is 10.2 Å². The van der Waals surface area contributed by atoms with E-state index >= 15 is 0 Å². The predicted octanol–water partition coefficient (Wildman–Crippen LogP) is 3.63. The minimum Gasteiger partial charge on any atom is -0.495 e. The number of carbonyl (C=O) groups excluding carboxylic acids is 2. The molecule has 202 valence electrons. The number of methoxy groups -OCH3 is 1. The molecule has 0 heterocycles. The number of rotatable bonds is 12. The summed E-state index contributed by atoms with van der Waals surface area (Å²) in [6, 6.07) is 24.4. The minimum absolute atomic E-state index is 0.131. The van der Waals surface area contributed by atoms with Gasteiger partial charge in [-0.25, -0.2) is 8.42 Å². The number of nitrogens with one attached hydrogen (secondary N) is 1. The number of anilines is 1. The molecule has 2 amide bonds. The summed E-state index contributed by atoms with van der Waals surface area (Å²) in [6.07, 6.45) is 1.31. The Morgan fingerprint density at radius 2 is 1.42 bits per heavy atom. The summed E-state index contributed by atoms with van der Waals surface area (Å²) in [5.74, 6) is -0.500. The Morgan fingerprint density at radius 1 is 0.868 bits per heavy atom. The van der Waals surface area contributed by atoms with Crippen molar-refractivity contribution in [1.29, 1.82) is 0 Å². The smallest absolute Gasteiger partial charge is 0.244 e. The molecule has 0 radical (unpaired) electrons. The van der Waals surface area contributed by atoms with Crippen LogP contribution in [-0.2, 0) is 32.6 Å². The summed E-state index contributed by atoms with van der Waals surface area (Å²) >= 11 is 0. The lowest BCUT2D eigenvalue weighted by Gasteiger charge is -2.34. The van der Waals surface area contributed by atoms with Crippen molar-refractivity contribution in [3.8, 4) is 5.75 Å². The maximum Gasteiger partial charge on any atom is 0.244 e. The quantitative estimate of drug-likeness (QED) is 0.381. The highest BCUT2D eigenvalue weighted by atomic mass is 32.2. The minimum atomic E-state index is -3.87. The number of nitrogens with zero attached hydrogens (tertiary/aromatic N) is 2. The lowest BCUT2D eigenvalue weighted by molar-refractivity contribution is -0.140. The third-order valence-corrected chi connectivity index (χ3v) is 7.06. The van der Waals surface area contributed by atoms with Crippen molar-refractivity contribution in [2.75, 3.05) is 24.2 Å². The Bertz CT molecular complexity index is 1310. The normalized spacial score (nSPS) is 12.0. The molecule has 0 unspecified atom stereocenters. The van der Waals surface area contributed by atoms with Gasteiger partial charge in [0, 0.05) is 19.0 Å². The monoisotopic (exact) mass is 537 g/mol. The second-order valence-electron chi connectivity index (χ2n) is 9.32. The van der Waals surface area contributed by atoms with E-state index in [2.05, 4.69) is 5.32 Å². The van der Waals surface area contributed by atoms with Crippen LogP contribution in [0.4, 0.5) is 5.69 Å². The van der Waals surface area contributed by atoms with Gasteiger partial charge in [0.15, 0.2) is 0 Å². The van der Waals surface area contributed by atoms with Gasteiger partial charge in [-0.1, -0.05) is 72.8 Å². The molecule has 9 heteroatoms. The third-order valence-electron chi connectivity index (χ3n) is 5.93. The van der Waals surface area contributed by atoms with Crippen molar-refractivity contribution < 1.29 is 22.7 Å². The molecule has 1 N–H and O–H groups in total. The number of benzene rings is 3. The van der Waals surface area contributed by atoms with E-state index in [1.165, 1.54) is 12.0 Å². The fourth-order valence-electron chi connectivity index (χ4n) is 4.15. The van der Waals surface area contributed by atoms with Gasteiger partial charge < -0.3 is 15.0 Å². The van der Waals surface area contributed by atoms with Crippen LogP contribution >= 0.6 is 0 Å². The van der Waals surface area contributed by atoms with E-state index < -0.39 is 28.5 Å². The predicted molar refractivity (Wildman–Crippen MR) is 149 cm³/mol. The molecule has 1 atom stereocenters. The SMILES string of the molecule is COc1ccccc1N(CC(=O)N(Cc1ccccc1)[C@@H](Cc1ccccc1)C(=O)NC(C)C)S(C)(=O)=O. The van der Waals surface area contributed by atoms with E-state index in [1.54, 1.807) is 24.3 Å². The van der Waals surface area contributed by atoms with E-state index in [9.17, 15) is 18.0 Å². The zero-order chi connectivity index (χ0) is 27.7. The molecule has 38 heavy (non-hydrogen) atoms. The van der Waals surface area contributed by atoms with Gasteiger partial charge in [0.1, 0.15) is 18.3 Å². The molecular weight excluding hydrogens is 502 g/mol. The van der Waals surface area contributed by atoms with E-state index in [-0.39, 0.29) is 30.6 Å². The Labute approximate surface area is 225 Å². The number of ether oxygens (including phenoxy) is 1. The molecule has 0 saturated carbocycles. The van der Waals surface area contributed by atoms with Gasteiger partial charge in [-0.3, -0.25) is 13.9 Å².